The molecule has 0 bridgehead atoms. The molecule has 2 aromatic heterocycles. The fourth-order valence-corrected chi connectivity index (χ4v) is 2.26. The molecule has 0 amide bonds. The molecule has 1 aromatic carbocycles. The monoisotopic (exact) mass is 328 g/mol. The fourth-order valence-electron chi connectivity index (χ4n) is 2.26. The summed E-state index contributed by atoms with van der Waals surface area (Å²) in [5.74, 6) is 1.56. The van der Waals surface area contributed by atoms with Crippen molar-refractivity contribution in [3.8, 4) is 11.5 Å². The van der Waals surface area contributed by atoms with Crippen molar-refractivity contribution in [3.63, 3.8) is 0 Å². The van der Waals surface area contributed by atoms with Crippen LogP contribution in [0, 0.1) is 10.1 Å². The van der Waals surface area contributed by atoms with Crippen molar-refractivity contribution >= 4 is 11.4 Å². The third kappa shape index (κ3) is 3.43. The van der Waals surface area contributed by atoms with E-state index in [1.165, 1.54) is 6.07 Å². The van der Waals surface area contributed by atoms with Crippen LogP contribution >= 0.6 is 0 Å². The van der Waals surface area contributed by atoms with Crippen LogP contribution in [0.25, 0.3) is 11.5 Å². The summed E-state index contributed by atoms with van der Waals surface area (Å²) in [4.78, 5) is 15.2. The predicted molar refractivity (Wildman–Crippen MR) is 86.4 cm³/mol. The van der Waals surface area contributed by atoms with Gasteiger partial charge in [-0.15, -0.1) is 0 Å². The third-order valence-corrected chi connectivity index (χ3v) is 3.42. The van der Waals surface area contributed by atoms with E-state index in [0.717, 1.165) is 6.42 Å². The van der Waals surface area contributed by atoms with Crippen LogP contribution in [0.3, 0.4) is 0 Å². The van der Waals surface area contributed by atoms with Crippen LogP contribution in [0.2, 0.25) is 0 Å². The molecule has 0 saturated heterocycles. The minimum atomic E-state index is -0.447. The highest BCUT2D eigenvalue weighted by molar-refractivity contribution is 5.69. The van der Waals surface area contributed by atoms with Gasteiger partial charge in [-0.3, -0.25) is 10.1 Å². The lowest BCUT2D eigenvalue weighted by Crippen LogP contribution is -2.02. The number of nitrogens with zero attached hydrogens (tertiary/aromatic N) is 3. The number of hydrogen-bond donors (Lipinski definition) is 1. The number of rotatable bonds is 7. The summed E-state index contributed by atoms with van der Waals surface area (Å²) in [6, 6.07) is 8.31. The molecule has 0 aliphatic heterocycles. The van der Waals surface area contributed by atoms with Crippen molar-refractivity contribution in [1.29, 1.82) is 0 Å². The van der Waals surface area contributed by atoms with Crippen molar-refractivity contribution in [2.45, 2.75) is 26.3 Å². The highest BCUT2D eigenvalue weighted by Crippen LogP contribution is 2.30. The Morgan fingerprint density at radius 1 is 1.33 bits per heavy atom. The van der Waals surface area contributed by atoms with Gasteiger partial charge < -0.3 is 14.3 Å². The van der Waals surface area contributed by atoms with E-state index in [1.807, 2.05) is 6.92 Å². The number of nitro groups is 1. The first-order chi connectivity index (χ1) is 11.7. The topological polar surface area (TPSA) is 107 Å². The van der Waals surface area contributed by atoms with Crippen LogP contribution in [0.4, 0.5) is 11.4 Å². The normalized spacial score (nSPS) is 10.7. The molecule has 0 saturated carbocycles. The van der Waals surface area contributed by atoms with Gasteiger partial charge in [-0.25, -0.2) is 0 Å². The van der Waals surface area contributed by atoms with Gasteiger partial charge in [-0.2, -0.15) is 4.98 Å². The number of benzene rings is 1. The summed E-state index contributed by atoms with van der Waals surface area (Å²) < 4.78 is 10.4. The first kappa shape index (κ1) is 15.7. The molecule has 0 fully saturated rings. The Kier molecular flexibility index (Phi) is 4.55. The first-order valence-corrected chi connectivity index (χ1v) is 7.55. The lowest BCUT2D eigenvalue weighted by molar-refractivity contribution is -0.383. The van der Waals surface area contributed by atoms with E-state index in [4.69, 9.17) is 8.94 Å². The molecule has 8 heteroatoms. The third-order valence-electron chi connectivity index (χ3n) is 3.42. The quantitative estimate of drug-likeness (QED) is 0.519. The minimum Gasteiger partial charge on any atom is -0.467 e. The second kappa shape index (κ2) is 6.95. The van der Waals surface area contributed by atoms with E-state index in [1.54, 1.807) is 30.5 Å². The molecule has 0 unspecified atom stereocenters. The van der Waals surface area contributed by atoms with Crippen molar-refractivity contribution in [2.75, 3.05) is 5.32 Å². The van der Waals surface area contributed by atoms with E-state index in [9.17, 15) is 10.1 Å². The molecule has 8 nitrogen and oxygen atoms in total. The molecular weight excluding hydrogens is 312 g/mol. The number of aryl methyl sites for hydroxylation is 1. The summed E-state index contributed by atoms with van der Waals surface area (Å²) in [5, 5.41) is 18.2. The standard InChI is InChI=1S/C16H16N4O4/c1-2-4-15-18-16(24-19-15)11-6-7-13(14(9-11)20(21)22)17-10-12-5-3-8-23-12/h3,5-9,17H,2,4,10H2,1H3. The largest absolute Gasteiger partial charge is 0.467 e. The fraction of sp³-hybridized carbons (Fsp3) is 0.250. The second-order valence-corrected chi connectivity index (χ2v) is 5.19. The minimum absolute atomic E-state index is 0.0608. The van der Waals surface area contributed by atoms with Crippen LogP contribution in [-0.4, -0.2) is 15.1 Å². The van der Waals surface area contributed by atoms with Gasteiger partial charge in [-0.1, -0.05) is 12.1 Å². The van der Waals surface area contributed by atoms with Crippen LogP contribution in [0.5, 0.6) is 0 Å². The maximum atomic E-state index is 11.3. The van der Waals surface area contributed by atoms with Crippen molar-refractivity contribution in [1.82, 2.24) is 10.1 Å². The molecule has 3 aromatic rings. The predicted octanol–water partition coefficient (Wildman–Crippen LogP) is 3.80. The van der Waals surface area contributed by atoms with Gasteiger partial charge in [-0.05, 0) is 30.7 Å². The lowest BCUT2D eigenvalue weighted by Gasteiger charge is -2.06. The Bertz CT molecular complexity index is 826. The Morgan fingerprint density at radius 3 is 2.92 bits per heavy atom. The van der Waals surface area contributed by atoms with Crippen LogP contribution < -0.4 is 5.32 Å². The molecule has 2 heterocycles. The van der Waals surface area contributed by atoms with Gasteiger partial charge >= 0.3 is 0 Å². The first-order valence-electron chi connectivity index (χ1n) is 7.55. The summed E-state index contributed by atoms with van der Waals surface area (Å²) in [5.41, 5.74) is 0.850. The van der Waals surface area contributed by atoms with Crippen LogP contribution in [0.15, 0.2) is 45.5 Å². The molecule has 0 radical (unpaired) electrons. The van der Waals surface area contributed by atoms with Crippen molar-refractivity contribution in [3.05, 3.63) is 58.3 Å². The van der Waals surface area contributed by atoms with Gasteiger partial charge in [0.05, 0.1) is 17.7 Å². The molecule has 1 N–H and O–H groups in total. The van der Waals surface area contributed by atoms with Gasteiger partial charge in [0.2, 0.25) is 0 Å². The smallest absolute Gasteiger partial charge is 0.293 e. The molecule has 0 atom stereocenters. The average Bonchev–Trinajstić information content (AvgIpc) is 3.25. The van der Waals surface area contributed by atoms with E-state index < -0.39 is 4.92 Å². The number of furan rings is 1. The highest BCUT2D eigenvalue weighted by Gasteiger charge is 2.18. The van der Waals surface area contributed by atoms with E-state index in [-0.39, 0.29) is 11.6 Å². The molecular formula is C16H16N4O4. The number of hydrogen-bond acceptors (Lipinski definition) is 7. The van der Waals surface area contributed by atoms with Gasteiger partial charge in [0.1, 0.15) is 11.4 Å². The molecule has 124 valence electrons. The lowest BCUT2D eigenvalue weighted by atomic mass is 10.1. The molecule has 0 spiro atoms. The number of anilines is 1. The molecule has 0 aliphatic rings. The molecule has 3 rings (SSSR count). The summed E-state index contributed by atoms with van der Waals surface area (Å²) >= 11 is 0. The van der Waals surface area contributed by atoms with Gasteiger partial charge in [0.15, 0.2) is 5.82 Å². The zero-order valence-electron chi connectivity index (χ0n) is 13.1. The zero-order chi connectivity index (χ0) is 16.9. The van der Waals surface area contributed by atoms with Gasteiger partial charge in [0.25, 0.3) is 11.6 Å². The van der Waals surface area contributed by atoms with E-state index in [0.29, 0.717) is 35.8 Å². The summed E-state index contributed by atoms with van der Waals surface area (Å²) in [6.45, 7) is 2.37. The number of nitrogens with one attached hydrogen (secondary N) is 1. The van der Waals surface area contributed by atoms with Crippen molar-refractivity contribution < 1.29 is 13.9 Å². The Labute approximate surface area is 137 Å². The van der Waals surface area contributed by atoms with Gasteiger partial charge in [0, 0.05) is 18.1 Å². The Morgan fingerprint density at radius 2 is 2.21 bits per heavy atom. The van der Waals surface area contributed by atoms with E-state index >= 15 is 0 Å². The second-order valence-electron chi connectivity index (χ2n) is 5.19. The maximum absolute atomic E-state index is 11.3. The highest BCUT2D eigenvalue weighted by atomic mass is 16.6. The number of nitro benzene ring substituents is 1. The maximum Gasteiger partial charge on any atom is 0.293 e. The summed E-state index contributed by atoms with van der Waals surface area (Å²) in [7, 11) is 0. The average molecular weight is 328 g/mol. The molecule has 0 aliphatic carbocycles. The van der Waals surface area contributed by atoms with Crippen LogP contribution in [-0.2, 0) is 13.0 Å². The SMILES string of the molecule is CCCc1noc(-c2ccc(NCc3ccco3)c([N+](=O)[O-])c2)n1. The Hall–Kier alpha value is -3.16. The number of aromatic nitrogens is 2. The molecule has 24 heavy (non-hydrogen) atoms. The van der Waals surface area contributed by atoms with Crippen LogP contribution in [0.1, 0.15) is 24.9 Å². The Balaban J connectivity index is 1.84. The van der Waals surface area contributed by atoms with Crippen molar-refractivity contribution in [2.24, 2.45) is 0 Å². The summed E-state index contributed by atoms with van der Waals surface area (Å²) in [6.07, 6.45) is 3.15. The van der Waals surface area contributed by atoms with E-state index in [2.05, 4.69) is 15.5 Å². The zero-order valence-corrected chi connectivity index (χ0v) is 13.1.